The second kappa shape index (κ2) is 46.7. The Morgan fingerprint density at radius 1 is 0.470 bits per heavy atom. The van der Waals surface area contributed by atoms with E-state index in [1.165, 1.54) is 103 Å². The lowest BCUT2D eigenvalue weighted by atomic mass is 9.99. The monoisotopic (exact) mass is 942 g/mol. The first-order chi connectivity index (χ1) is 32.3. The average Bonchev–Trinajstić information content (AvgIpc) is 3.32. The molecular weight excluding hydrogens is 839 g/mol. The molecule has 12 heteroatoms. The third kappa shape index (κ3) is 38.9. The first-order valence-corrected chi connectivity index (χ1v) is 27.7. The molecule has 0 spiro atoms. The van der Waals surface area contributed by atoms with Crippen molar-refractivity contribution in [2.24, 2.45) is 5.92 Å². The number of piperidine rings is 1. The summed E-state index contributed by atoms with van der Waals surface area (Å²) in [5.41, 5.74) is 0. The lowest BCUT2D eigenvalue weighted by Gasteiger charge is -2.31. The molecule has 0 bridgehead atoms. The number of hydrogen-bond donors (Lipinski definition) is 0. The average molecular weight is 942 g/mol. The normalized spacial score (nSPS) is 14.4. The van der Waals surface area contributed by atoms with E-state index >= 15 is 0 Å². The standard InChI is InChI=1S/C54H103NO11/c1-6-11-15-19-23-27-40-61-52(62-41-28-24-20-16-12-7-2)35-33-50(56)59-44-37-49(66-54(58)65-47-48-32-31-39-55(10-5)46-48)38-45-60-51(57)34-36-53(63-42-29-25-21-17-13-8-3)64-43-30-26-22-18-14-9-4/h48-49,52-53H,6-47H2,1-5H3. The van der Waals surface area contributed by atoms with Crippen LogP contribution in [-0.2, 0) is 47.5 Å². The van der Waals surface area contributed by atoms with Crippen molar-refractivity contribution in [1.29, 1.82) is 0 Å². The minimum atomic E-state index is -0.757. The number of carbonyl (C=O) groups excluding carboxylic acids is 3. The quantitative estimate of drug-likeness (QED) is 0.0249. The minimum absolute atomic E-state index is 0.0499. The van der Waals surface area contributed by atoms with Crippen LogP contribution in [0.1, 0.15) is 240 Å². The van der Waals surface area contributed by atoms with Gasteiger partial charge in [-0.25, -0.2) is 4.79 Å². The van der Waals surface area contributed by atoms with Gasteiger partial charge in [0.1, 0.15) is 6.10 Å². The number of rotatable bonds is 48. The van der Waals surface area contributed by atoms with Crippen LogP contribution in [0.5, 0.6) is 0 Å². The Labute approximate surface area is 404 Å². The summed E-state index contributed by atoms with van der Waals surface area (Å²) >= 11 is 0. The van der Waals surface area contributed by atoms with E-state index in [4.69, 9.17) is 37.9 Å². The minimum Gasteiger partial charge on any atom is -0.466 e. The van der Waals surface area contributed by atoms with Crippen molar-refractivity contribution in [3.63, 3.8) is 0 Å². The van der Waals surface area contributed by atoms with E-state index in [-0.39, 0.29) is 63.4 Å². The van der Waals surface area contributed by atoms with Crippen LogP contribution < -0.4 is 0 Å². The topological polar surface area (TPSA) is 128 Å². The van der Waals surface area contributed by atoms with Gasteiger partial charge in [-0.05, 0) is 51.6 Å². The zero-order valence-electron chi connectivity index (χ0n) is 43.4. The van der Waals surface area contributed by atoms with Gasteiger partial charge in [0.2, 0.25) is 0 Å². The third-order valence-corrected chi connectivity index (χ3v) is 12.5. The van der Waals surface area contributed by atoms with Crippen molar-refractivity contribution in [2.75, 3.05) is 65.9 Å². The highest BCUT2D eigenvalue weighted by atomic mass is 16.7. The van der Waals surface area contributed by atoms with E-state index in [0.29, 0.717) is 39.3 Å². The predicted octanol–water partition coefficient (Wildman–Crippen LogP) is 13.8. The van der Waals surface area contributed by atoms with Gasteiger partial charge in [0.05, 0.1) is 32.7 Å². The van der Waals surface area contributed by atoms with Gasteiger partial charge >= 0.3 is 18.1 Å². The highest BCUT2D eigenvalue weighted by Gasteiger charge is 2.23. The van der Waals surface area contributed by atoms with Gasteiger partial charge in [0.25, 0.3) is 0 Å². The molecule has 0 amide bonds. The van der Waals surface area contributed by atoms with Gasteiger partial charge in [0.15, 0.2) is 12.6 Å². The fourth-order valence-corrected chi connectivity index (χ4v) is 8.24. The van der Waals surface area contributed by atoms with Crippen molar-refractivity contribution >= 4 is 18.1 Å². The lowest BCUT2D eigenvalue weighted by molar-refractivity contribution is -0.160. The maximum Gasteiger partial charge on any atom is 0.508 e. The molecule has 0 N–H and O–H groups in total. The van der Waals surface area contributed by atoms with Gasteiger partial charge < -0.3 is 42.8 Å². The van der Waals surface area contributed by atoms with E-state index in [9.17, 15) is 14.4 Å². The molecule has 0 aromatic heterocycles. The molecule has 0 radical (unpaired) electrons. The molecular formula is C54H103NO11. The predicted molar refractivity (Wildman–Crippen MR) is 266 cm³/mol. The Hall–Kier alpha value is -1.99. The fourth-order valence-electron chi connectivity index (χ4n) is 8.24. The van der Waals surface area contributed by atoms with Gasteiger partial charge in [-0.15, -0.1) is 0 Å². The smallest absolute Gasteiger partial charge is 0.466 e. The van der Waals surface area contributed by atoms with Crippen LogP contribution in [0, 0.1) is 5.92 Å². The molecule has 66 heavy (non-hydrogen) atoms. The molecule has 1 fully saturated rings. The summed E-state index contributed by atoms with van der Waals surface area (Å²) in [4.78, 5) is 41.3. The Balaban J connectivity index is 2.71. The van der Waals surface area contributed by atoms with E-state index in [2.05, 4.69) is 39.5 Å². The first kappa shape index (κ1) is 62.0. The van der Waals surface area contributed by atoms with Crippen LogP contribution in [0.15, 0.2) is 0 Å². The van der Waals surface area contributed by atoms with Crippen LogP contribution >= 0.6 is 0 Å². The molecule has 0 aliphatic carbocycles. The van der Waals surface area contributed by atoms with Crippen molar-refractivity contribution in [2.45, 2.75) is 259 Å². The van der Waals surface area contributed by atoms with Crippen molar-refractivity contribution < 1.29 is 52.3 Å². The van der Waals surface area contributed by atoms with Crippen LogP contribution in [0.3, 0.4) is 0 Å². The Bertz CT molecular complexity index is 998. The zero-order valence-corrected chi connectivity index (χ0v) is 43.4. The van der Waals surface area contributed by atoms with E-state index < -0.39 is 24.8 Å². The molecule has 1 atom stereocenters. The zero-order chi connectivity index (χ0) is 48.0. The van der Waals surface area contributed by atoms with Crippen LogP contribution in [0.2, 0.25) is 0 Å². The number of likely N-dealkylation sites (tertiary alicyclic amines) is 1. The number of hydrogen-bond acceptors (Lipinski definition) is 12. The molecule has 390 valence electrons. The summed E-state index contributed by atoms with van der Waals surface area (Å²) in [7, 11) is 0. The summed E-state index contributed by atoms with van der Waals surface area (Å²) in [5.74, 6) is -0.457. The third-order valence-electron chi connectivity index (χ3n) is 12.5. The molecule has 0 saturated carbocycles. The molecule has 0 aromatic carbocycles. The molecule has 0 aromatic rings. The summed E-state index contributed by atoms with van der Waals surface area (Å²) in [6, 6.07) is 0. The van der Waals surface area contributed by atoms with Crippen LogP contribution in [0.25, 0.3) is 0 Å². The molecule has 1 rings (SSSR count). The van der Waals surface area contributed by atoms with Crippen molar-refractivity contribution in [3.05, 3.63) is 0 Å². The molecule has 1 heterocycles. The van der Waals surface area contributed by atoms with Gasteiger partial charge in [0, 0.05) is 64.6 Å². The molecule has 1 aliphatic rings. The summed E-state index contributed by atoms with van der Waals surface area (Å²) in [6.07, 6.45) is 29.6. The van der Waals surface area contributed by atoms with Gasteiger partial charge in [-0.3, -0.25) is 9.59 Å². The molecule has 1 aliphatic heterocycles. The summed E-state index contributed by atoms with van der Waals surface area (Å²) < 4.78 is 47.1. The Morgan fingerprint density at radius 3 is 1.23 bits per heavy atom. The largest absolute Gasteiger partial charge is 0.508 e. The maximum atomic E-state index is 13.0. The number of nitrogens with zero attached hydrogens (tertiary/aromatic N) is 1. The molecule has 12 nitrogen and oxygen atoms in total. The second-order valence-electron chi connectivity index (χ2n) is 18.7. The fraction of sp³-hybridized carbons (Fsp3) is 0.944. The number of unbranched alkanes of at least 4 members (excludes halogenated alkanes) is 20. The number of ether oxygens (including phenoxy) is 8. The molecule has 1 saturated heterocycles. The van der Waals surface area contributed by atoms with Crippen LogP contribution in [-0.4, -0.2) is 108 Å². The van der Waals surface area contributed by atoms with E-state index in [0.717, 1.165) is 83.8 Å². The second-order valence-corrected chi connectivity index (χ2v) is 18.7. The Morgan fingerprint density at radius 2 is 0.848 bits per heavy atom. The number of esters is 2. The van der Waals surface area contributed by atoms with Crippen LogP contribution in [0.4, 0.5) is 4.79 Å². The molecule has 1 unspecified atom stereocenters. The van der Waals surface area contributed by atoms with Gasteiger partial charge in [-0.2, -0.15) is 0 Å². The van der Waals surface area contributed by atoms with E-state index in [1.807, 2.05) is 0 Å². The highest BCUT2D eigenvalue weighted by molar-refractivity contribution is 5.69. The summed E-state index contributed by atoms with van der Waals surface area (Å²) in [6.45, 7) is 16.8. The highest BCUT2D eigenvalue weighted by Crippen LogP contribution is 2.19. The maximum absolute atomic E-state index is 13.0. The van der Waals surface area contributed by atoms with Gasteiger partial charge in [-0.1, -0.05) is 163 Å². The lowest BCUT2D eigenvalue weighted by Crippen LogP contribution is -2.37. The summed E-state index contributed by atoms with van der Waals surface area (Å²) in [5, 5.41) is 0. The van der Waals surface area contributed by atoms with Crippen molar-refractivity contribution in [3.8, 4) is 0 Å². The van der Waals surface area contributed by atoms with E-state index in [1.54, 1.807) is 0 Å². The van der Waals surface area contributed by atoms with Crippen molar-refractivity contribution in [1.82, 2.24) is 4.90 Å². The Kier molecular flexibility index (Phi) is 43.9. The number of carbonyl (C=O) groups is 3. The SMILES string of the molecule is CCCCCCCCOC(CCC(=O)OCCC(CCOC(=O)CCC(OCCCCCCCC)OCCCCCCCC)OC(=O)OCC1CCCN(CC)C1)OCCCCCCCC. The first-order valence-electron chi connectivity index (χ1n) is 27.7.